The molecule has 3 radical (unpaired) electrons. The summed E-state index contributed by atoms with van der Waals surface area (Å²) >= 11 is 0. The van der Waals surface area contributed by atoms with Crippen molar-refractivity contribution in [2.75, 3.05) is 0 Å². The molecule has 97 valence electrons. The van der Waals surface area contributed by atoms with Gasteiger partial charge < -0.3 is 4.89 Å². The first kappa shape index (κ1) is 16.5. The molecule has 0 saturated carbocycles. The molecule has 0 aliphatic rings. The second-order valence-electron chi connectivity index (χ2n) is 4.60. The number of hydrogen-bond acceptors (Lipinski definition) is 1. The molecule has 2 rings (SSSR count). The van der Waals surface area contributed by atoms with E-state index < -0.39 is 7.77 Å². The van der Waals surface area contributed by atoms with Crippen molar-refractivity contribution in [2.45, 2.75) is 20.8 Å². The number of rotatable bonds is 2. The summed E-state index contributed by atoms with van der Waals surface area (Å²) in [5, 5.41) is 0.881. The summed E-state index contributed by atoms with van der Waals surface area (Å²) in [7, 11) is -1.47. The van der Waals surface area contributed by atoms with Crippen LogP contribution in [0, 0.1) is 20.8 Å². The van der Waals surface area contributed by atoms with E-state index in [1.54, 1.807) is 0 Å². The second-order valence-corrected chi connectivity index (χ2v) is 6.03. The van der Waals surface area contributed by atoms with Crippen LogP contribution in [-0.4, -0.2) is 32.0 Å². The molecule has 19 heavy (non-hydrogen) atoms. The molecule has 0 aliphatic carbocycles. The zero-order valence-corrected chi connectivity index (χ0v) is 15.8. The van der Waals surface area contributed by atoms with E-state index in [9.17, 15) is 4.89 Å². The van der Waals surface area contributed by atoms with Crippen molar-refractivity contribution in [3.05, 3.63) is 64.7 Å². The van der Waals surface area contributed by atoms with Crippen molar-refractivity contribution in [2.24, 2.45) is 0 Å². The van der Waals surface area contributed by atoms with E-state index in [1.807, 2.05) is 36.1 Å². The van der Waals surface area contributed by atoms with Crippen molar-refractivity contribution in [3.8, 4) is 0 Å². The predicted molar refractivity (Wildman–Crippen MR) is 84.6 cm³/mol. The van der Waals surface area contributed by atoms with Crippen LogP contribution in [0.25, 0.3) is 0 Å². The molecule has 0 bridgehead atoms. The van der Waals surface area contributed by atoms with E-state index in [0.717, 1.165) is 10.9 Å². The Morgan fingerprint density at radius 1 is 0.947 bits per heavy atom. The summed E-state index contributed by atoms with van der Waals surface area (Å²) in [5.74, 6) is 1.88. The Labute approximate surface area is 135 Å². The molecule has 2 aromatic rings. The van der Waals surface area contributed by atoms with Crippen LogP contribution in [-0.2, 0) is 0 Å². The molecular formula is C16H17BiOP. The molecule has 1 nitrogen and oxygen atoms in total. The molecule has 0 amide bonds. The van der Waals surface area contributed by atoms with Crippen molar-refractivity contribution in [3.63, 3.8) is 0 Å². The summed E-state index contributed by atoms with van der Waals surface area (Å²) in [5.41, 5.74) is 4.72. The van der Waals surface area contributed by atoms with Crippen molar-refractivity contribution >= 4 is 45.1 Å². The Bertz CT molecular complexity index is 568. The molecule has 1 unspecified atom stereocenters. The molecule has 3 heteroatoms. The topological polar surface area (TPSA) is 23.1 Å². The van der Waals surface area contributed by atoms with Gasteiger partial charge in [-0.2, -0.15) is 0 Å². The Morgan fingerprint density at radius 3 is 2.00 bits per heavy atom. The van der Waals surface area contributed by atoms with E-state index in [4.69, 9.17) is 0 Å². The fourth-order valence-electron chi connectivity index (χ4n) is 2.16. The van der Waals surface area contributed by atoms with Crippen LogP contribution in [0.1, 0.15) is 22.3 Å². The number of aryl methyl sites for hydroxylation is 3. The summed E-state index contributed by atoms with van der Waals surface area (Å²) in [6.07, 6.45) is 0. The summed E-state index contributed by atoms with van der Waals surface area (Å²) in [6.45, 7) is 6.22. The zero-order valence-electron chi connectivity index (χ0n) is 11.4. The molecular weight excluding hydrogens is 448 g/mol. The van der Waals surface area contributed by atoms with Gasteiger partial charge in [0.15, 0.2) is 0 Å². The average molecular weight is 465 g/mol. The van der Waals surface area contributed by atoms with E-state index >= 15 is 0 Å². The number of benzene rings is 2. The Kier molecular flexibility index (Phi) is 6.34. The van der Waals surface area contributed by atoms with Crippen molar-refractivity contribution < 1.29 is 4.89 Å². The van der Waals surface area contributed by atoms with Gasteiger partial charge in [-0.25, -0.2) is 0 Å². The third kappa shape index (κ3) is 4.21. The molecule has 0 saturated heterocycles. The molecule has 0 spiro atoms. The Hall–Kier alpha value is -0.547. The normalized spacial score (nSPS) is 11.1. The first-order chi connectivity index (χ1) is 8.58. The predicted octanol–water partition coefficient (Wildman–Crippen LogP) is 2.46. The van der Waals surface area contributed by atoms with Crippen LogP contribution in [0.5, 0.6) is 0 Å². The van der Waals surface area contributed by atoms with Gasteiger partial charge in [-0.1, -0.05) is 35.9 Å². The van der Waals surface area contributed by atoms with Crippen LogP contribution in [0.15, 0.2) is 42.5 Å². The maximum absolute atomic E-state index is 12.3. The van der Waals surface area contributed by atoms with Crippen LogP contribution in [0.2, 0.25) is 0 Å². The molecule has 0 aliphatic heterocycles. The average Bonchev–Trinajstić information content (AvgIpc) is 2.34. The minimum atomic E-state index is -1.47. The van der Waals surface area contributed by atoms with Gasteiger partial charge >= 0.3 is 0 Å². The first-order valence-electron chi connectivity index (χ1n) is 6.02. The standard InChI is InChI=1S/C16H17OP.Bi/c1-12-9-13(2)16(14(3)10-12)11-18(17)15-7-5-4-6-8-15;/h4-11H,1-3H3;. The minimum absolute atomic E-state index is 0. The van der Waals surface area contributed by atoms with Crippen LogP contribution >= 0.6 is 7.77 Å². The van der Waals surface area contributed by atoms with Gasteiger partial charge in [-0.15, -0.1) is 0 Å². The maximum atomic E-state index is 12.3. The fourth-order valence-corrected chi connectivity index (χ4v) is 3.42. The van der Waals surface area contributed by atoms with Crippen molar-refractivity contribution in [1.29, 1.82) is 0 Å². The molecule has 1 atom stereocenters. The van der Waals surface area contributed by atoms with Gasteiger partial charge in [0.05, 0.1) is 7.77 Å². The SMILES string of the molecule is Cc1cc(C)c(C=[P+]([O-])c2ccccc2)c(C)c1.[Bi]. The third-order valence-corrected chi connectivity index (χ3v) is 4.29. The molecule has 0 N–H and O–H groups in total. The summed E-state index contributed by atoms with van der Waals surface area (Å²) in [4.78, 5) is 12.3. The quantitative estimate of drug-likeness (QED) is 0.494. The Morgan fingerprint density at radius 2 is 1.47 bits per heavy atom. The number of hydrogen-bond donors (Lipinski definition) is 0. The smallest absolute Gasteiger partial charge is 0.144 e. The van der Waals surface area contributed by atoms with E-state index in [2.05, 4.69) is 32.9 Å². The fraction of sp³-hybridized carbons (Fsp3) is 0.188. The maximum Gasteiger partial charge on any atom is 0.144 e. The minimum Gasteiger partial charge on any atom is -0.626 e. The van der Waals surface area contributed by atoms with Gasteiger partial charge in [0.25, 0.3) is 0 Å². The summed E-state index contributed by atoms with van der Waals surface area (Å²) < 4.78 is 0. The first-order valence-corrected chi connectivity index (χ1v) is 7.35. The molecule has 0 fully saturated rings. The van der Waals surface area contributed by atoms with Gasteiger partial charge in [0, 0.05) is 31.8 Å². The molecule has 0 aromatic heterocycles. The van der Waals surface area contributed by atoms with Crippen LogP contribution in [0.3, 0.4) is 0 Å². The molecule has 2 aromatic carbocycles. The second kappa shape index (κ2) is 7.29. The van der Waals surface area contributed by atoms with E-state index in [-0.39, 0.29) is 26.2 Å². The summed E-state index contributed by atoms with van der Waals surface area (Å²) in [6, 6.07) is 13.9. The van der Waals surface area contributed by atoms with Crippen LogP contribution in [0.4, 0.5) is 0 Å². The zero-order chi connectivity index (χ0) is 13.1. The van der Waals surface area contributed by atoms with Gasteiger partial charge in [-0.3, -0.25) is 0 Å². The Balaban J connectivity index is 0.00000180. The van der Waals surface area contributed by atoms with Gasteiger partial charge in [-0.05, 0) is 44.0 Å². The molecule has 0 heterocycles. The van der Waals surface area contributed by atoms with Gasteiger partial charge in [0.1, 0.15) is 11.1 Å². The van der Waals surface area contributed by atoms with Crippen molar-refractivity contribution in [1.82, 2.24) is 0 Å². The monoisotopic (exact) mass is 465 g/mol. The largest absolute Gasteiger partial charge is 0.626 e. The van der Waals surface area contributed by atoms with E-state index in [0.29, 0.717) is 0 Å². The van der Waals surface area contributed by atoms with Crippen LogP contribution < -0.4 is 10.2 Å². The third-order valence-electron chi connectivity index (χ3n) is 3.00. The van der Waals surface area contributed by atoms with E-state index in [1.165, 1.54) is 16.7 Å². The van der Waals surface area contributed by atoms with Gasteiger partial charge in [0.2, 0.25) is 0 Å².